The minimum absolute atomic E-state index is 0.0759. The Morgan fingerprint density at radius 2 is 1.83 bits per heavy atom. The molecule has 0 unspecified atom stereocenters. The van der Waals surface area contributed by atoms with E-state index < -0.39 is 0 Å². The maximum absolute atomic E-state index is 13.0. The van der Waals surface area contributed by atoms with Crippen LogP contribution in [0.5, 0.6) is 5.88 Å². The third kappa shape index (κ3) is 4.18. The van der Waals surface area contributed by atoms with Gasteiger partial charge in [0.05, 0.1) is 35.2 Å². The summed E-state index contributed by atoms with van der Waals surface area (Å²) in [5.41, 5.74) is 2.79. The highest BCUT2D eigenvalue weighted by atomic mass is 16.5. The van der Waals surface area contributed by atoms with Crippen LogP contribution in [0.15, 0.2) is 67.4 Å². The number of fused-ring (bicyclic) bond motifs is 2. The lowest BCUT2D eigenvalue weighted by atomic mass is 9.77. The van der Waals surface area contributed by atoms with Crippen molar-refractivity contribution in [2.75, 3.05) is 18.4 Å². The first kappa shape index (κ1) is 21.5. The zero-order valence-corrected chi connectivity index (χ0v) is 19.5. The van der Waals surface area contributed by atoms with E-state index in [4.69, 9.17) is 9.72 Å². The number of carbonyl (C=O) groups is 1. The third-order valence-electron chi connectivity index (χ3n) is 7.20. The van der Waals surface area contributed by atoms with Crippen molar-refractivity contribution in [3.05, 3.63) is 73.2 Å². The molecule has 4 atom stereocenters. The van der Waals surface area contributed by atoms with Crippen LogP contribution in [0.4, 0.5) is 10.5 Å². The molecule has 4 heterocycles. The van der Waals surface area contributed by atoms with Crippen LogP contribution in [0.1, 0.15) is 24.7 Å². The Balaban J connectivity index is 1.28. The largest absolute Gasteiger partial charge is 0.471 e. The molecule has 35 heavy (non-hydrogen) atoms. The van der Waals surface area contributed by atoms with Crippen LogP contribution in [0, 0.1) is 18.8 Å². The number of hydrogen-bond donors (Lipinski definition) is 1. The number of imidazole rings is 1. The van der Waals surface area contributed by atoms with Gasteiger partial charge in [-0.2, -0.15) is 0 Å². The highest BCUT2D eigenvalue weighted by Crippen LogP contribution is 2.44. The van der Waals surface area contributed by atoms with Gasteiger partial charge >= 0.3 is 6.03 Å². The summed E-state index contributed by atoms with van der Waals surface area (Å²) in [6.45, 7) is 3.47. The summed E-state index contributed by atoms with van der Waals surface area (Å²) in [7, 11) is 0. The maximum atomic E-state index is 13.0. The van der Waals surface area contributed by atoms with Crippen molar-refractivity contribution in [2.24, 2.45) is 11.8 Å². The normalized spacial score (nSPS) is 23.7. The molecule has 3 aromatic heterocycles. The molecule has 2 aliphatic rings. The molecule has 178 valence electrons. The summed E-state index contributed by atoms with van der Waals surface area (Å²) in [6, 6.07) is 11.9. The fourth-order valence-electron chi connectivity index (χ4n) is 5.68. The number of rotatable bonds is 4. The number of ether oxygens (including phenoxy) is 1. The second-order valence-corrected chi connectivity index (χ2v) is 9.35. The van der Waals surface area contributed by atoms with Gasteiger partial charge in [-0.3, -0.25) is 9.97 Å². The van der Waals surface area contributed by atoms with Crippen LogP contribution >= 0.6 is 0 Å². The first-order chi connectivity index (χ1) is 17.2. The van der Waals surface area contributed by atoms with Gasteiger partial charge in [0.2, 0.25) is 5.88 Å². The molecule has 9 heteroatoms. The molecule has 1 saturated heterocycles. The molecule has 1 saturated carbocycles. The van der Waals surface area contributed by atoms with E-state index in [2.05, 4.69) is 30.9 Å². The molecule has 2 amide bonds. The van der Waals surface area contributed by atoms with Crippen LogP contribution in [-0.2, 0) is 0 Å². The standard InChI is InChI=1S/C26H27N7O2/c1-17-30-21-6-2-3-7-22(21)33(17)23-11-18-15-32(26(34)31-20-5-4-8-27-13-20)16-19(18)12-24(23)35-25-14-28-9-10-29-25/h2-10,13-14,18-19,23-24H,11-12,15-16H2,1H3,(H,31,34)/t18-,19+,23-,24-/m0/s1. The number of para-hydroxylation sites is 2. The Morgan fingerprint density at radius 1 is 1.00 bits per heavy atom. The molecular weight excluding hydrogens is 442 g/mol. The van der Waals surface area contributed by atoms with Gasteiger partial charge in [-0.15, -0.1) is 0 Å². The second-order valence-electron chi connectivity index (χ2n) is 9.35. The van der Waals surface area contributed by atoms with Crippen LogP contribution in [0.25, 0.3) is 11.0 Å². The van der Waals surface area contributed by atoms with E-state index in [1.165, 1.54) is 0 Å². The van der Waals surface area contributed by atoms with E-state index in [0.717, 1.165) is 36.2 Å². The predicted octanol–water partition coefficient (Wildman–Crippen LogP) is 4.09. The number of nitrogens with zero attached hydrogens (tertiary/aromatic N) is 6. The molecule has 1 aliphatic carbocycles. The summed E-state index contributed by atoms with van der Waals surface area (Å²) in [4.78, 5) is 32.3. The topological polar surface area (TPSA) is 98.1 Å². The SMILES string of the molecule is Cc1nc2ccccc2n1[C@H]1C[C@H]2CN(C(=O)Nc3cccnc3)C[C@H]2C[C@@H]1Oc1cnccn1. The Hall–Kier alpha value is -4.01. The lowest BCUT2D eigenvalue weighted by Crippen LogP contribution is -2.40. The highest BCUT2D eigenvalue weighted by Gasteiger charge is 2.45. The first-order valence-electron chi connectivity index (χ1n) is 12.0. The van der Waals surface area contributed by atoms with E-state index in [-0.39, 0.29) is 18.2 Å². The summed E-state index contributed by atoms with van der Waals surface area (Å²) in [5, 5.41) is 2.98. The van der Waals surface area contributed by atoms with E-state index in [9.17, 15) is 4.79 Å². The van der Waals surface area contributed by atoms with Gasteiger partial charge in [0.1, 0.15) is 11.9 Å². The lowest BCUT2D eigenvalue weighted by molar-refractivity contribution is 0.0519. The van der Waals surface area contributed by atoms with Crippen molar-refractivity contribution in [1.29, 1.82) is 0 Å². The van der Waals surface area contributed by atoms with Gasteiger partial charge in [-0.1, -0.05) is 12.1 Å². The number of carbonyl (C=O) groups excluding carboxylic acids is 1. The average molecular weight is 470 g/mol. The predicted molar refractivity (Wildman–Crippen MR) is 131 cm³/mol. The maximum Gasteiger partial charge on any atom is 0.321 e. The highest BCUT2D eigenvalue weighted by molar-refractivity contribution is 5.89. The van der Waals surface area contributed by atoms with Gasteiger partial charge in [0.15, 0.2) is 0 Å². The van der Waals surface area contributed by atoms with Crippen LogP contribution < -0.4 is 10.1 Å². The summed E-state index contributed by atoms with van der Waals surface area (Å²) < 4.78 is 8.76. The van der Waals surface area contributed by atoms with Crippen molar-refractivity contribution >= 4 is 22.8 Å². The average Bonchev–Trinajstić information content (AvgIpc) is 3.44. The van der Waals surface area contributed by atoms with Gasteiger partial charge < -0.3 is 19.5 Å². The van der Waals surface area contributed by atoms with Gasteiger partial charge in [-0.05, 0) is 55.9 Å². The first-order valence-corrected chi connectivity index (χ1v) is 12.0. The van der Waals surface area contributed by atoms with Gasteiger partial charge in [-0.25, -0.2) is 14.8 Å². The Bertz CT molecular complexity index is 1330. The molecular formula is C26H27N7O2. The monoisotopic (exact) mass is 469 g/mol. The molecule has 6 rings (SSSR count). The van der Waals surface area contributed by atoms with Crippen molar-refractivity contribution in [2.45, 2.75) is 31.9 Å². The minimum atomic E-state index is -0.106. The summed E-state index contributed by atoms with van der Waals surface area (Å²) >= 11 is 0. The molecule has 9 nitrogen and oxygen atoms in total. The smallest absolute Gasteiger partial charge is 0.321 e. The molecule has 0 spiro atoms. The number of pyridine rings is 1. The Kier molecular flexibility index (Phi) is 5.52. The van der Waals surface area contributed by atoms with E-state index in [0.29, 0.717) is 29.9 Å². The van der Waals surface area contributed by atoms with Crippen LogP contribution in [0.3, 0.4) is 0 Å². The molecule has 4 aromatic rings. The molecule has 1 N–H and O–H groups in total. The van der Waals surface area contributed by atoms with Crippen molar-refractivity contribution in [1.82, 2.24) is 29.4 Å². The van der Waals surface area contributed by atoms with Gasteiger partial charge in [0, 0.05) is 31.7 Å². The minimum Gasteiger partial charge on any atom is -0.471 e. The molecule has 1 aromatic carbocycles. The van der Waals surface area contributed by atoms with Gasteiger partial charge in [0.25, 0.3) is 0 Å². The number of likely N-dealkylation sites (tertiary alicyclic amines) is 1. The summed E-state index contributed by atoms with van der Waals surface area (Å²) in [5.74, 6) is 2.21. The number of nitrogens with one attached hydrogen (secondary N) is 1. The molecule has 0 radical (unpaired) electrons. The quantitative estimate of drug-likeness (QED) is 0.483. The number of benzene rings is 1. The van der Waals surface area contributed by atoms with Crippen LogP contribution in [-0.4, -0.2) is 54.6 Å². The Morgan fingerprint density at radius 3 is 2.63 bits per heavy atom. The number of anilines is 1. The molecule has 0 bridgehead atoms. The number of aromatic nitrogens is 5. The van der Waals surface area contributed by atoms with Crippen molar-refractivity contribution < 1.29 is 9.53 Å². The second kappa shape index (κ2) is 8.98. The van der Waals surface area contributed by atoms with E-state index in [1.54, 1.807) is 31.0 Å². The molecule has 1 aliphatic heterocycles. The zero-order chi connectivity index (χ0) is 23.8. The van der Waals surface area contributed by atoms with E-state index >= 15 is 0 Å². The Labute approximate surface area is 203 Å². The fraction of sp³-hybridized carbons (Fsp3) is 0.346. The number of aryl methyl sites for hydroxylation is 1. The molecule has 2 fully saturated rings. The third-order valence-corrected chi connectivity index (χ3v) is 7.20. The fourth-order valence-corrected chi connectivity index (χ4v) is 5.68. The number of urea groups is 1. The zero-order valence-electron chi connectivity index (χ0n) is 19.5. The lowest BCUT2D eigenvalue weighted by Gasteiger charge is -2.39. The summed E-state index contributed by atoms with van der Waals surface area (Å²) in [6.07, 6.45) is 9.92. The van der Waals surface area contributed by atoms with Crippen molar-refractivity contribution in [3.8, 4) is 5.88 Å². The van der Waals surface area contributed by atoms with E-state index in [1.807, 2.05) is 42.2 Å². The number of amides is 2. The number of hydrogen-bond acceptors (Lipinski definition) is 6. The van der Waals surface area contributed by atoms with Crippen molar-refractivity contribution in [3.63, 3.8) is 0 Å². The van der Waals surface area contributed by atoms with Crippen LogP contribution in [0.2, 0.25) is 0 Å².